The summed E-state index contributed by atoms with van der Waals surface area (Å²) in [5.41, 5.74) is 3.15. The van der Waals surface area contributed by atoms with Gasteiger partial charge in [-0.25, -0.2) is 4.98 Å². The zero-order valence-electron chi connectivity index (χ0n) is 12.1. The number of hydrogen-bond donors (Lipinski definition) is 2. The summed E-state index contributed by atoms with van der Waals surface area (Å²) in [4.78, 5) is 4.47. The van der Waals surface area contributed by atoms with Crippen molar-refractivity contribution in [2.45, 2.75) is 19.9 Å². The number of rotatable bonds is 8. The first-order chi connectivity index (χ1) is 9.72. The van der Waals surface area contributed by atoms with Gasteiger partial charge in [0.25, 0.3) is 0 Å². The van der Waals surface area contributed by atoms with Crippen molar-refractivity contribution in [2.75, 3.05) is 24.7 Å². The van der Waals surface area contributed by atoms with E-state index in [-0.39, 0.29) is 6.61 Å². The third-order valence-corrected chi connectivity index (χ3v) is 4.19. The number of hydrogen-bond acceptors (Lipinski definition) is 5. The van der Waals surface area contributed by atoms with Crippen molar-refractivity contribution in [3.05, 3.63) is 23.5 Å². The summed E-state index contributed by atoms with van der Waals surface area (Å²) >= 11 is 1.87. The van der Waals surface area contributed by atoms with Gasteiger partial charge in [0, 0.05) is 44.1 Å². The number of nitrogens with one attached hydrogen (secondary N) is 1. The summed E-state index contributed by atoms with van der Waals surface area (Å²) in [5.74, 6) is 2.10. The Morgan fingerprint density at radius 1 is 1.40 bits per heavy atom. The molecular formula is C14H22N4OS. The number of aromatic nitrogens is 3. The van der Waals surface area contributed by atoms with Crippen molar-refractivity contribution in [1.29, 1.82) is 0 Å². The van der Waals surface area contributed by atoms with E-state index in [1.165, 1.54) is 5.56 Å². The second kappa shape index (κ2) is 7.61. The fraction of sp³-hybridized carbons (Fsp3) is 0.571. The molecular weight excluding hydrogens is 272 g/mol. The van der Waals surface area contributed by atoms with E-state index in [0.717, 1.165) is 47.7 Å². The minimum absolute atomic E-state index is 0.288. The first kappa shape index (κ1) is 15.3. The molecule has 0 unspecified atom stereocenters. The van der Waals surface area contributed by atoms with Gasteiger partial charge in [-0.1, -0.05) is 0 Å². The van der Waals surface area contributed by atoms with Crippen LogP contribution in [0.4, 0.5) is 0 Å². The summed E-state index contributed by atoms with van der Waals surface area (Å²) < 4.78 is 1.82. The van der Waals surface area contributed by atoms with E-state index in [1.807, 2.05) is 36.6 Å². The minimum atomic E-state index is 0.288. The maximum absolute atomic E-state index is 8.69. The van der Waals surface area contributed by atoms with Gasteiger partial charge in [0.2, 0.25) is 0 Å². The van der Waals surface area contributed by atoms with E-state index in [1.54, 1.807) is 0 Å². The van der Waals surface area contributed by atoms with Crippen molar-refractivity contribution >= 4 is 22.8 Å². The van der Waals surface area contributed by atoms with Gasteiger partial charge in [-0.3, -0.25) is 4.68 Å². The van der Waals surface area contributed by atoms with Crippen LogP contribution in [0.3, 0.4) is 0 Å². The van der Waals surface area contributed by atoms with Crippen LogP contribution in [0.2, 0.25) is 0 Å². The van der Waals surface area contributed by atoms with Gasteiger partial charge < -0.3 is 10.4 Å². The Labute approximate surface area is 123 Å². The quantitative estimate of drug-likeness (QED) is 0.722. The van der Waals surface area contributed by atoms with Crippen LogP contribution >= 0.6 is 11.8 Å². The van der Waals surface area contributed by atoms with Crippen molar-refractivity contribution in [3.63, 3.8) is 0 Å². The van der Waals surface area contributed by atoms with Crippen molar-refractivity contribution in [3.8, 4) is 0 Å². The van der Waals surface area contributed by atoms with Gasteiger partial charge in [0.15, 0.2) is 5.65 Å². The van der Waals surface area contributed by atoms with Crippen LogP contribution in [0.5, 0.6) is 0 Å². The van der Waals surface area contributed by atoms with E-state index in [0.29, 0.717) is 0 Å². The predicted octanol–water partition coefficient (Wildman–Crippen LogP) is 1.48. The fourth-order valence-electron chi connectivity index (χ4n) is 2.09. The molecule has 5 nitrogen and oxygen atoms in total. The first-order valence-electron chi connectivity index (χ1n) is 6.90. The van der Waals surface area contributed by atoms with Gasteiger partial charge in [0.05, 0.1) is 5.69 Å². The highest BCUT2D eigenvalue weighted by Gasteiger charge is 2.06. The molecule has 110 valence electrons. The first-order valence-corrected chi connectivity index (χ1v) is 8.05. The number of pyridine rings is 1. The average molecular weight is 294 g/mol. The third kappa shape index (κ3) is 3.94. The van der Waals surface area contributed by atoms with Gasteiger partial charge in [-0.05, 0) is 30.7 Å². The van der Waals surface area contributed by atoms with Crippen molar-refractivity contribution in [1.82, 2.24) is 20.1 Å². The topological polar surface area (TPSA) is 63.0 Å². The monoisotopic (exact) mass is 294 g/mol. The Morgan fingerprint density at radius 2 is 2.25 bits per heavy atom. The molecule has 0 aromatic carbocycles. The number of thioether (sulfide) groups is 1. The van der Waals surface area contributed by atoms with Gasteiger partial charge in [0.1, 0.15) is 0 Å². The lowest BCUT2D eigenvalue weighted by molar-refractivity contribution is 0.296. The Bertz CT molecular complexity index is 555. The van der Waals surface area contributed by atoms with E-state index < -0.39 is 0 Å². The van der Waals surface area contributed by atoms with Crippen LogP contribution in [0.15, 0.2) is 12.3 Å². The highest BCUT2D eigenvalue weighted by Crippen LogP contribution is 2.16. The molecule has 2 heterocycles. The number of aliphatic hydroxyl groups is 1. The maximum atomic E-state index is 8.69. The lowest BCUT2D eigenvalue weighted by Gasteiger charge is -2.05. The zero-order chi connectivity index (χ0) is 14.4. The Morgan fingerprint density at radius 3 is 3.05 bits per heavy atom. The second-order valence-corrected chi connectivity index (χ2v) is 6.01. The fourth-order valence-corrected chi connectivity index (χ4v) is 2.92. The number of aryl methyl sites for hydroxylation is 2. The summed E-state index contributed by atoms with van der Waals surface area (Å²) in [5, 5.41) is 17.6. The highest BCUT2D eigenvalue weighted by molar-refractivity contribution is 7.99. The molecule has 2 aromatic rings. The van der Waals surface area contributed by atoms with Gasteiger partial charge in [-0.15, -0.1) is 0 Å². The number of aliphatic hydroxyl groups excluding tert-OH is 1. The van der Waals surface area contributed by atoms with Gasteiger partial charge >= 0.3 is 0 Å². The molecule has 0 aliphatic carbocycles. The standard InChI is InChI=1S/C14H22N4OS/c1-11-13-8-12(10-16-14(13)18(2)17-11)9-15-4-7-20-6-3-5-19/h8,10,15,19H,3-7,9H2,1-2H3. The Hall–Kier alpha value is -1.11. The lowest BCUT2D eigenvalue weighted by Crippen LogP contribution is -2.16. The SMILES string of the molecule is Cc1nn(C)c2ncc(CNCCSCCCO)cc12. The minimum Gasteiger partial charge on any atom is -0.396 e. The molecule has 0 aliphatic heterocycles. The number of nitrogens with zero attached hydrogens (tertiary/aromatic N) is 3. The molecule has 6 heteroatoms. The molecule has 0 aliphatic rings. The van der Waals surface area contributed by atoms with Crippen LogP contribution in [-0.4, -0.2) is 44.5 Å². The molecule has 2 rings (SSSR count). The summed E-state index contributed by atoms with van der Waals surface area (Å²) in [6.07, 6.45) is 2.79. The molecule has 0 bridgehead atoms. The summed E-state index contributed by atoms with van der Waals surface area (Å²) in [6, 6.07) is 2.16. The van der Waals surface area contributed by atoms with Crippen molar-refractivity contribution in [2.24, 2.45) is 7.05 Å². The van der Waals surface area contributed by atoms with Crippen molar-refractivity contribution < 1.29 is 5.11 Å². The van der Waals surface area contributed by atoms with Crippen LogP contribution in [-0.2, 0) is 13.6 Å². The molecule has 20 heavy (non-hydrogen) atoms. The summed E-state index contributed by atoms with van der Waals surface area (Å²) in [6.45, 7) is 4.10. The molecule has 2 aromatic heterocycles. The van der Waals surface area contributed by atoms with Crippen LogP contribution in [0.1, 0.15) is 17.7 Å². The van der Waals surface area contributed by atoms with Crippen LogP contribution in [0, 0.1) is 6.92 Å². The molecule has 0 amide bonds. The summed E-state index contributed by atoms with van der Waals surface area (Å²) in [7, 11) is 1.92. The normalized spacial score (nSPS) is 11.3. The van der Waals surface area contributed by atoms with E-state index in [2.05, 4.69) is 21.5 Å². The molecule has 0 saturated carbocycles. The molecule has 0 spiro atoms. The highest BCUT2D eigenvalue weighted by atomic mass is 32.2. The molecule has 2 N–H and O–H groups in total. The number of fused-ring (bicyclic) bond motifs is 1. The van der Waals surface area contributed by atoms with Crippen LogP contribution < -0.4 is 5.32 Å². The predicted molar refractivity (Wildman–Crippen MR) is 84.0 cm³/mol. The zero-order valence-corrected chi connectivity index (χ0v) is 12.9. The van der Waals surface area contributed by atoms with E-state index in [4.69, 9.17) is 5.11 Å². The maximum Gasteiger partial charge on any atom is 0.157 e. The van der Waals surface area contributed by atoms with E-state index in [9.17, 15) is 0 Å². The Balaban J connectivity index is 1.80. The molecule has 0 atom stereocenters. The Kier molecular flexibility index (Phi) is 5.82. The smallest absolute Gasteiger partial charge is 0.157 e. The second-order valence-electron chi connectivity index (χ2n) is 4.79. The third-order valence-electron chi connectivity index (χ3n) is 3.12. The molecule has 0 fully saturated rings. The largest absolute Gasteiger partial charge is 0.396 e. The molecule has 0 radical (unpaired) electrons. The van der Waals surface area contributed by atoms with Crippen LogP contribution in [0.25, 0.3) is 11.0 Å². The lowest BCUT2D eigenvalue weighted by atomic mass is 10.2. The average Bonchev–Trinajstić information content (AvgIpc) is 2.73. The van der Waals surface area contributed by atoms with Gasteiger partial charge in [-0.2, -0.15) is 16.9 Å². The van der Waals surface area contributed by atoms with E-state index >= 15 is 0 Å². The molecule has 0 saturated heterocycles.